The number of nitrogens with zero attached hydrogens (tertiary/aromatic N) is 3. The first-order valence-corrected chi connectivity index (χ1v) is 7.25. The first kappa shape index (κ1) is 13.9. The summed E-state index contributed by atoms with van der Waals surface area (Å²) in [7, 11) is 0. The highest BCUT2D eigenvalue weighted by molar-refractivity contribution is 5.60. The van der Waals surface area contributed by atoms with Gasteiger partial charge in [-0.15, -0.1) is 0 Å². The van der Waals surface area contributed by atoms with Gasteiger partial charge in [-0.2, -0.15) is 5.26 Å². The number of piperazine rings is 1. The van der Waals surface area contributed by atoms with E-state index >= 15 is 0 Å². The predicted molar refractivity (Wildman–Crippen MR) is 79.5 cm³/mol. The Morgan fingerprint density at radius 1 is 1.05 bits per heavy atom. The van der Waals surface area contributed by atoms with Crippen LogP contribution in [0.15, 0.2) is 18.2 Å². The molecular weight excluding hydrogens is 234 g/mol. The van der Waals surface area contributed by atoms with Gasteiger partial charge >= 0.3 is 0 Å². The maximum Gasteiger partial charge on any atom is 0.0867 e. The van der Waals surface area contributed by atoms with Crippen molar-refractivity contribution in [2.24, 2.45) is 0 Å². The molecule has 102 valence electrons. The second-order valence-electron chi connectivity index (χ2n) is 5.05. The van der Waals surface area contributed by atoms with Gasteiger partial charge in [-0.3, -0.25) is 4.90 Å². The Balaban J connectivity index is 2.17. The van der Waals surface area contributed by atoms with Gasteiger partial charge in [0.05, 0.1) is 12.6 Å². The molecule has 0 amide bonds. The lowest BCUT2D eigenvalue weighted by Crippen LogP contribution is -2.47. The van der Waals surface area contributed by atoms with Gasteiger partial charge in [0, 0.05) is 31.9 Å². The summed E-state index contributed by atoms with van der Waals surface area (Å²) in [5.74, 6) is 0. The van der Waals surface area contributed by atoms with Crippen molar-refractivity contribution in [2.75, 3.05) is 37.6 Å². The van der Waals surface area contributed by atoms with Crippen molar-refractivity contribution in [1.29, 1.82) is 5.26 Å². The molecule has 1 aromatic rings. The van der Waals surface area contributed by atoms with E-state index in [-0.39, 0.29) is 0 Å². The monoisotopic (exact) mass is 257 g/mol. The van der Waals surface area contributed by atoms with Gasteiger partial charge in [-0.1, -0.05) is 32.0 Å². The second kappa shape index (κ2) is 6.58. The van der Waals surface area contributed by atoms with E-state index < -0.39 is 0 Å². The lowest BCUT2D eigenvalue weighted by molar-refractivity contribution is 0.286. The Bertz CT molecular complexity index is 431. The van der Waals surface area contributed by atoms with Crippen LogP contribution in [0.25, 0.3) is 0 Å². The maximum atomic E-state index is 8.76. The van der Waals surface area contributed by atoms with Crippen molar-refractivity contribution in [3.63, 3.8) is 0 Å². The van der Waals surface area contributed by atoms with E-state index in [4.69, 9.17) is 5.26 Å². The molecule has 2 rings (SSSR count). The molecule has 0 spiro atoms. The molecule has 1 saturated heterocycles. The molecule has 0 aromatic heterocycles. The molecule has 1 aliphatic rings. The summed E-state index contributed by atoms with van der Waals surface area (Å²) >= 11 is 0. The molecule has 3 heteroatoms. The summed E-state index contributed by atoms with van der Waals surface area (Å²) in [4.78, 5) is 4.74. The van der Waals surface area contributed by atoms with E-state index in [0.29, 0.717) is 6.54 Å². The Hall–Kier alpha value is -1.53. The fourth-order valence-electron chi connectivity index (χ4n) is 2.85. The average Bonchev–Trinajstić information content (AvgIpc) is 2.47. The van der Waals surface area contributed by atoms with Gasteiger partial charge < -0.3 is 4.90 Å². The number of anilines is 1. The van der Waals surface area contributed by atoms with Crippen LogP contribution in [0.2, 0.25) is 0 Å². The van der Waals surface area contributed by atoms with Crippen LogP contribution in [0.4, 0.5) is 5.69 Å². The number of hydrogen-bond donors (Lipinski definition) is 0. The van der Waals surface area contributed by atoms with Gasteiger partial charge in [0.25, 0.3) is 0 Å². The van der Waals surface area contributed by atoms with E-state index in [1.165, 1.54) is 16.8 Å². The number of nitriles is 1. The molecule has 0 atom stereocenters. The number of rotatable bonds is 4. The summed E-state index contributed by atoms with van der Waals surface area (Å²) in [5.41, 5.74) is 4.35. The van der Waals surface area contributed by atoms with Gasteiger partial charge in [0.2, 0.25) is 0 Å². The minimum atomic E-state index is 0.559. The standard InChI is InChI=1S/C16H23N3/c1-3-14-6-5-7-15(4-2)16(14)19-12-10-18(9-8-17)11-13-19/h5-7H,3-4,9-13H2,1-2H3. The van der Waals surface area contributed by atoms with Crippen LogP contribution in [-0.4, -0.2) is 37.6 Å². The third-order valence-corrected chi connectivity index (χ3v) is 3.95. The van der Waals surface area contributed by atoms with E-state index in [1.807, 2.05) is 0 Å². The van der Waals surface area contributed by atoms with E-state index in [2.05, 4.69) is 47.9 Å². The van der Waals surface area contributed by atoms with Crippen LogP contribution in [0.1, 0.15) is 25.0 Å². The van der Waals surface area contributed by atoms with Crippen LogP contribution < -0.4 is 4.90 Å². The van der Waals surface area contributed by atoms with Gasteiger partial charge in [-0.25, -0.2) is 0 Å². The minimum absolute atomic E-state index is 0.559. The molecule has 3 nitrogen and oxygen atoms in total. The number of para-hydroxylation sites is 1. The molecular formula is C16H23N3. The lowest BCUT2D eigenvalue weighted by atomic mass is 10.0. The maximum absolute atomic E-state index is 8.76. The van der Waals surface area contributed by atoms with Gasteiger partial charge in [0.1, 0.15) is 0 Å². The molecule has 0 radical (unpaired) electrons. The zero-order valence-corrected chi connectivity index (χ0v) is 12.0. The van der Waals surface area contributed by atoms with Crippen LogP contribution >= 0.6 is 0 Å². The van der Waals surface area contributed by atoms with Crippen LogP contribution in [0.5, 0.6) is 0 Å². The number of hydrogen-bond acceptors (Lipinski definition) is 3. The Labute approximate surface area is 116 Å². The van der Waals surface area contributed by atoms with Crippen LogP contribution in [0, 0.1) is 11.3 Å². The van der Waals surface area contributed by atoms with Gasteiger partial charge in [0.15, 0.2) is 0 Å². The molecule has 1 aliphatic heterocycles. The quantitative estimate of drug-likeness (QED) is 0.776. The smallest absolute Gasteiger partial charge is 0.0867 e. The first-order valence-electron chi connectivity index (χ1n) is 7.25. The molecule has 0 unspecified atom stereocenters. The van der Waals surface area contributed by atoms with Crippen molar-refractivity contribution in [3.05, 3.63) is 29.3 Å². The normalized spacial score (nSPS) is 16.4. The third kappa shape index (κ3) is 3.08. The molecule has 0 saturated carbocycles. The van der Waals surface area contributed by atoms with Crippen molar-refractivity contribution in [2.45, 2.75) is 26.7 Å². The molecule has 0 aliphatic carbocycles. The highest BCUT2D eigenvalue weighted by atomic mass is 15.3. The molecule has 19 heavy (non-hydrogen) atoms. The van der Waals surface area contributed by atoms with Crippen LogP contribution in [0.3, 0.4) is 0 Å². The molecule has 0 bridgehead atoms. The molecule has 1 fully saturated rings. The Morgan fingerprint density at radius 2 is 1.63 bits per heavy atom. The summed E-state index contributed by atoms with van der Waals surface area (Å²) < 4.78 is 0. The lowest BCUT2D eigenvalue weighted by Gasteiger charge is -2.37. The summed E-state index contributed by atoms with van der Waals surface area (Å²) in [6.07, 6.45) is 2.17. The summed E-state index contributed by atoms with van der Waals surface area (Å²) in [5, 5.41) is 8.76. The zero-order chi connectivity index (χ0) is 13.7. The van der Waals surface area contributed by atoms with Crippen molar-refractivity contribution in [3.8, 4) is 6.07 Å². The molecule has 1 heterocycles. The van der Waals surface area contributed by atoms with Crippen LogP contribution in [-0.2, 0) is 12.8 Å². The highest BCUT2D eigenvalue weighted by Crippen LogP contribution is 2.27. The van der Waals surface area contributed by atoms with E-state index in [1.54, 1.807) is 0 Å². The largest absolute Gasteiger partial charge is 0.369 e. The Morgan fingerprint density at radius 3 is 2.11 bits per heavy atom. The zero-order valence-electron chi connectivity index (χ0n) is 12.0. The fourth-order valence-corrected chi connectivity index (χ4v) is 2.85. The van der Waals surface area contributed by atoms with Crippen molar-refractivity contribution >= 4 is 5.69 Å². The predicted octanol–water partition coefficient (Wildman–Crippen LogP) is 2.46. The molecule has 0 N–H and O–H groups in total. The topological polar surface area (TPSA) is 30.3 Å². The van der Waals surface area contributed by atoms with Crippen molar-refractivity contribution < 1.29 is 0 Å². The SMILES string of the molecule is CCc1cccc(CC)c1N1CCN(CC#N)CC1. The number of aryl methyl sites for hydroxylation is 2. The fraction of sp³-hybridized carbons (Fsp3) is 0.562. The molecule has 1 aromatic carbocycles. The Kier molecular flexibility index (Phi) is 4.81. The number of benzene rings is 1. The third-order valence-electron chi connectivity index (χ3n) is 3.95. The van der Waals surface area contributed by atoms with Gasteiger partial charge in [-0.05, 0) is 24.0 Å². The van der Waals surface area contributed by atoms with E-state index in [9.17, 15) is 0 Å². The summed E-state index contributed by atoms with van der Waals surface area (Å²) in [6.45, 7) is 9.07. The van der Waals surface area contributed by atoms with E-state index in [0.717, 1.165) is 39.0 Å². The average molecular weight is 257 g/mol. The summed E-state index contributed by atoms with van der Waals surface area (Å²) in [6, 6.07) is 8.91. The van der Waals surface area contributed by atoms with Crippen molar-refractivity contribution in [1.82, 2.24) is 4.90 Å². The minimum Gasteiger partial charge on any atom is -0.369 e. The highest BCUT2D eigenvalue weighted by Gasteiger charge is 2.20. The first-order chi connectivity index (χ1) is 9.30. The second-order valence-corrected chi connectivity index (χ2v) is 5.05.